The number of nitrogens with zero attached hydrogens (tertiary/aromatic N) is 2. The van der Waals surface area contributed by atoms with Crippen LogP contribution in [-0.4, -0.2) is 23.0 Å². The first-order valence-electron chi connectivity index (χ1n) is 6.85. The maximum atomic E-state index is 12.1. The molecule has 0 aliphatic carbocycles. The molecule has 2 aromatic rings. The molecule has 25 heavy (non-hydrogen) atoms. The summed E-state index contributed by atoms with van der Waals surface area (Å²) < 4.78 is 5.04. The summed E-state index contributed by atoms with van der Waals surface area (Å²) in [5, 5.41) is 11.3. The van der Waals surface area contributed by atoms with Gasteiger partial charge in [-0.05, 0) is 25.1 Å². The fraction of sp³-hybridized carbons (Fsp3) is 0.125. The summed E-state index contributed by atoms with van der Waals surface area (Å²) in [6, 6.07) is 8.26. The number of anilines is 1. The second-order valence-corrected chi connectivity index (χ2v) is 5.98. The summed E-state index contributed by atoms with van der Waals surface area (Å²) in [4.78, 5) is 28.0. The van der Waals surface area contributed by atoms with Crippen LogP contribution >= 0.6 is 34.8 Å². The molecule has 128 valence electrons. The molecule has 9 heteroatoms. The van der Waals surface area contributed by atoms with E-state index in [4.69, 9.17) is 44.8 Å². The van der Waals surface area contributed by atoms with Gasteiger partial charge in [-0.25, -0.2) is 9.78 Å². The predicted molar refractivity (Wildman–Crippen MR) is 93.9 cm³/mol. The topological polar surface area (TPSA) is 92.1 Å². The van der Waals surface area contributed by atoms with Crippen LogP contribution in [0.4, 0.5) is 5.69 Å². The van der Waals surface area contributed by atoms with Crippen molar-refractivity contribution < 1.29 is 14.3 Å². The van der Waals surface area contributed by atoms with Gasteiger partial charge in [0.1, 0.15) is 0 Å². The minimum atomic E-state index is -1.13. The van der Waals surface area contributed by atoms with E-state index >= 15 is 0 Å². The quantitative estimate of drug-likeness (QED) is 0.783. The Labute approximate surface area is 158 Å². The Morgan fingerprint density at radius 3 is 2.68 bits per heavy atom. The van der Waals surface area contributed by atoms with Crippen LogP contribution in [0.5, 0.6) is 0 Å². The highest BCUT2D eigenvalue weighted by Crippen LogP contribution is 2.31. The van der Waals surface area contributed by atoms with Crippen molar-refractivity contribution in [1.29, 1.82) is 5.26 Å². The number of halogens is 3. The van der Waals surface area contributed by atoms with Crippen LogP contribution in [0.15, 0.2) is 30.5 Å². The molecule has 0 saturated heterocycles. The highest BCUT2D eigenvalue weighted by atomic mass is 35.5. The Hall–Kier alpha value is -2.33. The Morgan fingerprint density at radius 1 is 1.28 bits per heavy atom. The standard InChI is InChI=1S/C16H10Cl3N3O3/c1-8(15(23)22-10-4-2-3-9(5-10)6-20)25-16(24)14-13(19)12(18)11(17)7-21-14/h2-5,7-8H,1H3,(H,22,23). The van der Waals surface area contributed by atoms with E-state index in [9.17, 15) is 9.59 Å². The van der Waals surface area contributed by atoms with Crippen molar-refractivity contribution in [1.82, 2.24) is 4.98 Å². The molecule has 6 nitrogen and oxygen atoms in total. The summed E-state index contributed by atoms with van der Waals surface area (Å²) in [5.41, 5.74) is 0.536. The summed E-state index contributed by atoms with van der Waals surface area (Å²) in [6.07, 6.45) is 0.0235. The van der Waals surface area contributed by atoms with Crippen LogP contribution in [0.3, 0.4) is 0 Å². The zero-order valence-corrected chi connectivity index (χ0v) is 15.0. The SMILES string of the molecule is CC(OC(=O)c1ncc(Cl)c(Cl)c1Cl)C(=O)Nc1cccc(C#N)c1. The van der Waals surface area contributed by atoms with E-state index in [1.807, 2.05) is 6.07 Å². The maximum Gasteiger partial charge on any atom is 0.359 e. The van der Waals surface area contributed by atoms with Crippen LogP contribution in [0.25, 0.3) is 0 Å². The molecule has 0 aliphatic rings. The number of rotatable bonds is 4. The summed E-state index contributed by atoms with van der Waals surface area (Å²) in [6.45, 7) is 1.38. The van der Waals surface area contributed by atoms with Crippen LogP contribution in [0, 0.1) is 11.3 Å². The molecule has 2 rings (SSSR count). The smallest absolute Gasteiger partial charge is 0.359 e. The van der Waals surface area contributed by atoms with Gasteiger partial charge in [0.25, 0.3) is 5.91 Å². The molecule has 1 N–H and O–H groups in total. The van der Waals surface area contributed by atoms with Gasteiger partial charge in [0.15, 0.2) is 11.8 Å². The monoisotopic (exact) mass is 397 g/mol. The molecule has 0 spiro atoms. The third kappa shape index (κ3) is 4.60. The van der Waals surface area contributed by atoms with E-state index < -0.39 is 18.0 Å². The fourth-order valence-corrected chi connectivity index (χ4v) is 2.32. The average Bonchev–Trinajstić information content (AvgIpc) is 2.59. The van der Waals surface area contributed by atoms with E-state index in [1.54, 1.807) is 18.2 Å². The van der Waals surface area contributed by atoms with E-state index in [0.717, 1.165) is 6.20 Å². The number of hydrogen-bond acceptors (Lipinski definition) is 5. The van der Waals surface area contributed by atoms with Gasteiger partial charge in [-0.2, -0.15) is 5.26 Å². The molecule has 0 fully saturated rings. The lowest BCUT2D eigenvalue weighted by atomic mass is 10.2. The van der Waals surface area contributed by atoms with Crippen molar-refractivity contribution >= 4 is 52.4 Å². The number of amides is 1. The third-order valence-corrected chi connectivity index (χ3v) is 4.26. The van der Waals surface area contributed by atoms with Crippen molar-refractivity contribution in [2.75, 3.05) is 5.32 Å². The zero-order chi connectivity index (χ0) is 18.6. The van der Waals surface area contributed by atoms with Crippen LogP contribution in [0.2, 0.25) is 15.1 Å². The Kier molecular flexibility index (Phi) is 6.21. The number of pyridine rings is 1. The van der Waals surface area contributed by atoms with Gasteiger partial charge >= 0.3 is 5.97 Å². The largest absolute Gasteiger partial charge is 0.448 e. The lowest BCUT2D eigenvalue weighted by molar-refractivity contribution is -0.123. The molecule has 0 bridgehead atoms. The van der Waals surface area contributed by atoms with Gasteiger partial charge < -0.3 is 10.1 Å². The Bertz CT molecular complexity index is 881. The lowest BCUT2D eigenvalue weighted by Gasteiger charge is -2.14. The Balaban J connectivity index is 2.07. The molecular formula is C16H10Cl3N3O3. The molecule has 1 aromatic heterocycles. The number of aromatic nitrogens is 1. The molecule has 1 unspecified atom stereocenters. The van der Waals surface area contributed by atoms with Gasteiger partial charge in [-0.1, -0.05) is 40.9 Å². The van der Waals surface area contributed by atoms with Crippen molar-refractivity contribution in [3.05, 3.63) is 56.8 Å². The molecular weight excluding hydrogens is 389 g/mol. The predicted octanol–water partition coefficient (Wildman–Crippen LogP) is 4.10. The zero-order valence-electron chi connectivity index (χ0n) is 12.7. The van der Waals surface area contributed by atoms with Gasteiger partial charge in [0, 0.05) is 11.9 Å². The molecule has 0 saturated carbocycles. The number of ether oxygens (including phenoxy) is 1. The van der Waals surface area contributed by atoms with Crippen molar-refractivity contribution in [3.63, 3.8) is 0 Å². The summed E-state index contributed by atoms with van der Waals surface area (Å²) >= 11 is 17.5. The van der Waals surface area contributed by atoms with Crippen molar-refractivity contribution in [2.45, 2.75) is 13.0 Å². The molecule has 1 atom stereocenters. The second-order valence-electron chi connectivity index (χ2n) is 4.81. The van der Waals surface area contributed by atoms with Crippen molar-refractivity contribution in [3.8, 4) is 6.07 Å². The average molecular weight is 399 g/mol. The lowest BCUT2D eigenvalue weighted by Crippen LogP contribution is -2.30. The van der Waals surface area contributed by atoms with E-state index in [0.29, 0.717) is 11.3 Å². The normalized spacial score (nSPS) is 11.3. The maximum absolute atomic E-state index is 12.1. The molecule has 1 heterocycles. The highest BCUT2D eigenvalue weighted by Gasteiger charge is 2.23. The number of nitriles is 1. The first kappa shape index (κ1) is 19.0. The third-order valence-electron chi connectivity index (χ3n) is 3.02. The van der Waals surface area contributed by atoms with Crippen molar-refractivity contribution in [2.24, 2.45) is 0 Å². The molecule has 0 radical (unpaired) electrons. The van der Waals surface area contributed by atoms with Gasteiger partial charge in [-0.15, -0.1) is 0 Å². The Morgan fingerprint density at radius 2 is 2.00 bits per heavy atom. The number of benzene rings is 1. The van der Waals surface area contributed by atoms with E-state index in [1.165, 1.54) is 13.0 Å². The second kappa shape index (κ2) is 8.17. The number of nitrogens with one attached hydrogen (secondary N) is 1. The van der Waals surface area contributed by atoms with Gasteiger partial charge in [-0.3, -0.25) is 4.79 Å². The summed E-state index contributed by atoms with van der Waals surface area (Å²) in [7, 11) is 0. The van der Waals surface area contributed by atoms with Crippen LogP contribution in [-0.2, 0) is 9.53 Å². The molecule has 1 aromatic carbocycles. The summed E-state index contributed by atoms with van der Waals surface area (Å²) in [5.74, 6) is -1.50. The highest BCUT2D eigenvalue weighted by molar-refractivity contribution is 6.48. The minimum Gasteiger partial charge on any atom is -0.448 e. The molecule has 1 amide bonds. The van der Waals surface area contributed by atoms with E-state index in [2.05, 4.69) is 10.3 Å². The number of hydrogen-bond donors (Lipinski definition) is 1. The number of esters is 1. The molecule has 0 aliphatic heterocycles. The number of carbonyl (C=O) groups is 2. The van der Waals surface area contributed by atoms with Crippen LogP contribution in [0.1, 0.15) is 23.0 Å². The minimum absolute atomic E-state index is 0.0318. The fourth-order valence-electron chi connectivity index (χ4n) is 1.77. The van der Waals surface area contributed by atoms with Crippen LogP contribution < -0.4 is 5.32 Å². The van der Waals surface area contributed by atoms with Gasteiger partial charge in [0.05, 0.1) is 26.7 Å². The van der Waals surface area contributed by atoms with E-state index in [-0.39, 0.29) is 20.8 Å². The van der Waals surface area contributed by atoms with Gasteiger partial charge in [0.2, 0.25) is 0 Å². The number of carbonyl (C=O) groups excluding carboxylic acids is 2. The first-order valence-corrected chi connectivity index (χ1v) is 7.98. The first-order chi connectivity index (χ1) is 11.8.